The molecule has 0 unspecified atom stereocenters. The van der Waals surface area contributed by atoms with Crippen molar-refractivity contribution in [2.45, 2.75) is 6.42 Å². The molecule has 3 rings (SSSR count). The summed E-state index contributed by atoms with van der Waals surface area (Å²) in [5.41, 5.74) is 2.62. The Balaban J connectivity index is 2.03. The summed E-state index contributed by atoms with van der Waals surface area (Å²) in [5, 5.41) is 12.1. The lowest BCUT2D eigenvalue weighted by molar-refractivity contribution is -0.136. The van der Waals surface area contributed by atoms with Gasteiger partial charge < -0.3 is 15.2 Å². The van der Waals surface area contributed by atoms with Crippen LogP contribution in [0.3, 0.4) is 0 Å². The van der Waals surface area contributed by atoms with Crippen molar-refractivity contribution in [3.63, 3.8) is 0 Å². The zero-order valence-electron chi connectivity index (χ0n) is 14.2. The van der Waals surface area contributed by atoms with Gasteiger partial charge in [0.2, 0.25) is 0 Å². The van der Waals surface area contributed by atoms with Crippen molar-refractivity contribution in [2.24, 2.45) is 0 Å². The molecule has 0 aliphatic carbocycles. The molecule has 0 radical (unpaired) electrons. The number of hydrogen-bond acceptors (Lipinski definition) is 4. The van der Waals surface area contributed by atoms with E-state index >= 15 is 0 Å². The highest BCUT2D eigenvalue weighted by molar-refractivity contribution is 6.07. The summed E-state index contributed by atoms with van der Waals surface area (Å²) in [4.78, 5) is 27.9. The Labute approximate surface area is 150 Å². The summed E-state index contributed by atoms with van der Waals surface area (Å²) in [5.74, 6) is -0.583. The van der Waals surface area contributed by atoms with Crippen LogP contribution in [0.25, 0.3) is 22.2 Å². The monoisotopic (exact) mass is 350 g/mol. The number of carboxylic acids is 1. The Morgan fingerprint density at radius 2 is 1.92 bits per heavy atom. The number of carboxylic acid groups (broad SMARTS) is 1. The van der Waals surface area contributed by atoms with Crippen LogP contribution >= 0.6 is 0 Å². The van der Waals surface area contributed by atoms with Gasteiger partial charge in [-0.3, -0.25) is 9.59 Å². The van der Waals surface area contributed by atoms with Gasteiger partial charge in [-0.25, -0.2) is 4.98 Å². The lowest BCUT2D eigenvalue weighted by Crippen LogP contribution is -2.26. The van der Waals surface area contributed by atoms with E-state index in [9.17, 15) is 9.59 Å². The molecule has 6 heteroatoms. The van der Waals surface area contributed by atoms with Crippen molar-refractivity contribution in [3.8, 4) is 17.0 Å². The number of para-hydroxylation sites is 1. The lowest BCUT2D eigenvalue weighted by Gasteiger charge is -2.11. The third-order valence-electron chi connectivity index (χ3n) is 3.95. The van der Waals surface area contributed by atoms with Crippen LogP contribution in [0.15, 0.2) is 54.6 Å². The van der Waals surface area contributed by atoms with Crippen LogP contribution in [0, 0.1) is 0 Å². The second-order valence-electron chi connectivity index (χ2n) is 5.70. The summed E-state index contributed by atoms with van der Waals surface area (Å²) >= 11 is 0. The highest BCUT2D eigenvalue weighted by atomic mass is 16.5. The molecule has 0 saturated heterocycles. The van der Waals surface area contributed by atoms with Gasteiger partial charge in [-0.1, -0.05) is 30.3 Å². The second-order valence-corrected chi connectivity index (χ2v) is 5.70. The Kier molecular flexibility index (Phi) is 5.12. The maximum absolute atomic E-state index is 12.6. The van der Waals surface area contributed by atoms with Gasteiger partial charge >= 0.3 is 5.97 Å². The molecule has 2 aromatic carbocycles. The van der Waals surface area contributed by atoms with E-state index in [-0.39, 0.29) is 18.9 Å². The molecule has 26 heavy (non-hydrogen) atoms. The van der Waals surface area contributed by atoms with Gasteiger partial charge in [-0.15, -0.1) is 0 Å². The maximum Gasteiger partial charge on any atom is 0.305 e. The highest BCUT2D eigenvalue weighted by Gasteiger charge is 2.14. The van der Waals surface area contributed by atoms with Gasteiger partial charge in [0.15, 0.2) is 0 Å². The number of rotatable bonds is 6. The molecular weight excluding hydrogens is 332 g/mol. The summed E-state index contributed by atoms with van der Waals surface area (Å²) in [6.45, 7) is 0.0688. The fraction of sp³-hybridized carbons (Fsp3) is 0.150. The molecule has 3 aromatic rings. The molecule has 1 aromatic heterocycles. The number of nitrogens with one attached hydrogen (secondary N) is 1. The Bertz CT molecular complexity index is 969. The lowest BCUT2D eigenvalue weighted by atomic mass is 10.0. The molecule has 0 fully saturated rings. The van der Waals surface area contributed by atoms with Gasteiger partial charge in [-0.05, 0) is 24.3 Å². The number of pyridine rings is 1. The molecule has 0 bridgehead atoms. The predicted molar refractivity (Wildman–Crippen MR) is 98.3 cm³/mol. The maximum atomic E-state index is 12.6. The van der Waals surface area contributed by atoms with Crippen LogP contribution in [0.1, 0.15) is 16.8 Å². The number of aliphatic carboxylic acids is 1. The number of ether oxygens (including phenoxy) is 1. The van der Waals surface area contributed by atoms with Crippen LogP contribution < -0.4 is 10.1 Å². The number of fused-ring (bicyclic) bond motifs is 1. The fourth-order valence-corrected chi connectivity index (χ4v) is 2.67. The minimum Gasteiger partial charge on any atom is -0.497 e. The number of methoxy groups -OCH3 is 1. The topological polar surface area (TPSA) is 88.5 Å². The molecule has 6 nitrogen and oxygen atoms in total. The average molecular weight is 350 g/mol. The van der Waals surface area contributed by atoms with Crippen molar-refractivity contribution in [2.75, 3.05) is 13.7 Å². The molecule has 0 aliphatic rings. The van der Waals surface area contributed by atoms with E-state index in [1.807, 2.05) is 48.5 Å². The highest BCUT2D eigenvalue weighted by Crippen LogP contribution is 2.27. The van der Waals surface area contributed by atoms with E-state index < -0.39 is 5.97 Å². The summed E-state index contributed by atoms with van der Waals surface area (Å²) in [6.07, 6.45) is -0.127. The summed E-state index contributed by atoms with van der Waals surface area (Å²) in [6, 6.07) is 16.5. The zero-order valence-corrected chi connectivity index (χ0v) is 14.2. The first-order valence-electron chi connectivity index (χ1n) is 8.12. The van der Waals surface area contributed by atoms with Gasteiger partial charge in [0.1, 0.15) is 5.75 Å². The predicted octanol–water partition coefficient (Wildman–Crippen LogP) is 3.11. The number of amides is 1. The van der Waals surface area contributed by atoms with Crippen molar-refractivity contribution < 1.29 is 19.4 Å². The SMILES string of the molecule is COc1cccc(-c2cc(C(=O)NCCC(=O)O)c3ccccc3n2)c1. The van der Waals surface area contributed by atoms with Crippen LogP contribution in [0.5, 0.6) is 5.75 Å². The molecular formula is C20H18N2O4. The zero-order chi connectivity index (χ0) is 18.5. The number of nitrogens with zero attached hydrogens (tertiary/aromatic N) is 1. The van der Waals surface area contributed by atoms with Crippen molar-refractivity contribution >= 4 is 22.8 Å². The molecule has 1 heterocycles. The van der Waals surface area contributed by atoms with Gasteiger partial charge in [0, 0.05) is 17.5 Å². The standard InChI is InChI=1S/C20H18N2O4/c1-26-14-6-4-5-13(11-14)18-12-16(20(25)21-10-9-19(23)24)15-7-2-3-8-17(15)22-18/h2-8,11-12H,9-10H2,1H3,(H,21,25)(H,23,24). The first-order valence-corrected chi connectivity index (χ1v) is 8.12. The van der Waals surface area contributed by atoms with Crippen molar-refractivity contribution in [1.82, 2.24) is 10.3 Å². The smallest absolute Gasteiger partial charge is 0.305 e. The Hall–Kier alpha value is -3.41. The van der Waals surface area contributed by atoms with Crippen LogP contribution in [0.4, 0.5) is 0 Å². The quantitative estimate of drug-likeness (QED) is 0.713. The van der Waals surface area contributed by atoms with Gasteiger partial charge in [-0.2, -0.15) is 0 Å². The summed E-state index contributed by atoms with van der Waals surface area (Å²) < 4.78 is 5.25. The van der Waals surface area contributed by atoms with Crippen LogP contribution in [-0.2, 0) is 4.79 Å². The number of aromatic nitrogens is 1. The molecule has 132 valence electrons. The Morgan fingerprint density at radius 3 is 2.69 bits per heavy atom. The number of carbonyl (C=O) groups excluding carboxylic acids is 1. The molecule has 0 spiro atoms. The van der Waals surface area contributed by atoms with Crippen LogP contribution in [0.2, 0.25) is 0 Å². The van der Waals surface area contributed by atoms with Gasteiger partial charge in [0.05, 0.1) is 30.3 Å². The van der Waals surface area contributed by atoms with E-state index in [1.165, 1.54) is 0 Å². The second kappa shape index (κ2) is 7.65. The Morgan fingerprint density at radius 1 is 1.12 bits per heavy atom. The molecule has 2 N–H and O–H groups in total. The first-order chi connectivity index (χ1) is 12.6. The number of hydrogen-bond donors (Lipinski definition) is 2. The summed E-state index contributed by atoms with van der Waals surface area (Å²) in [7, 11) is 1.59. The first kappa shape index (κ1) is 17.4. The van der Waals surface area contributed by atoms with E-state index in [2.05, 4.69) is 10.3 Å². The van der Waals surface area contributed by atoms with Gasteiger partial charge in [0.25, 0.3) is 5.91 Å². The molecule has 0 atom stereocenters. The van der Waals surface area contributed by atoms with E-state index in [4.69, 9.17) is 9.84 Å². The minimum absolute atomic E-state index is 0.0688. The van der Waals surface area contributed by atoms with Crippen molar-refractivity contribution in [1.29, 1.82) is 0 Å². The largest absolute Gasteiger partial charge is 0.497 e. The van der Waals surface area contributed by atoms with Crippen molar-refractivity contribution in [3.05, 3.63) is 60.2 Å². The fourth-order valence-electron chi connectivity index (χ4n) is 2.67. The van der Waals surface area contributed by atoms with E-state index in [0.29, 0.717) is 27.9 Å². The number of carbonyl (C=O) groups is 2. The minimum atomic E-state index is -0.957. The normalized spacial score (nSPS) is 10.5. The third kappa shape index (κ3) is 3.80. The van der Waals surface area contributed by atoms with E-state index in [0.717, 1.165) is 5.56 Å². The van der Waals surface area contributed by atoms with E-state index in [1.54, 1.807) is 13.2 Å². The molecule has 0 aliphatic heterocycles. The molecule has 0 saturated carbocycles. The average Bonchev–Trinajstić information content (AvgIpc) is 2.66. The third-order valence-corrected chi connectivity index (χ3v) is 3.95. The van der Waals surface area contributed by atoms with Crippen LogP contribution in [-0.4, -0.2) is 35.6 Å². The number of benzene rings is 2. The molecule has 1 amide bonds.